The fraction of sp³-hybridized carbons (Fsp3) is 0.769. The van der Waals surface area contributed by atoms with Gasteiger partial charge in [-0.2, -0.15) is 0 Å². The fourth-order valence-corrected chi connectivity index (χ4v) is 3.13. The predicted octanol–water partition coefficient (Wildman–Crippen LogP) is 3.12. The van der Waals surface area contributed by atoms with Crippen LogP contribution in [-0.4, -0.2) is 9.97 Å². The molecule has 0 unspecified atom stereocenters. The summed E-state index contributed by atoms with van der Waals surface area (Å²) >= 11 is 0. The SMILES string of the molecule is CC1(c2nc3c([nH]2)CCCC3)CCCC1. The number of fused-ring (bicyclic) bond motifs is 1. The van der Waals surface area contributed by atoms with Crippen molar-refractivity contribution < 1.29 is 0 Å². The molecule has 0 amide bonds. The summed E-state index contributed by atoms with van der Waals surface area (Å²) in [6, 6.07) is 0. The Balaban J connectivity index is 1.95. The van der Waals surface area contributed by atoms with E-state index in [2.05, 4.69) is 11.9 Å². The molecule has 1 N–H and O–H groups in total. The van der Waals surface area contributed by atoms with Crippen LogP contribution in [-0.2, 0) is 18.3 Å². The van der Waals surface area contributed by atoms with E-state index < -0.39 is 0 Å². The monoisotopic (exact) mass is 204 g/mol. The number of rotatable bonds is 1. The highest BCUT2D eigenvalue weighted by Gasteiger charge is 2.34. The quantitative estimate of drug-likeness (QED) is 0.748. The Labute approximate surface area is 91.5 Å². The highest BCUT2D eigenvalue weighted by molar-refractivity contribution is 5.22. The topological polar surface area (TPSA) is 28.7 Å². The van der Waals surface area contributed by atoms with E-state index in [1.165, 1.54) is 68.6 Å². The van der Waals surface area contributed by atoms with Crippen LogP contribution in [0.1, 0.15) is 62.7 Å². The van der Waals surface area contributed by atoms with Crippen molar-refractivity contribution >= 4 is 0 Å². The molecule has 2 aliphatic rings. The number of imidazole rings is 1. The van der Waals surface area contributed by atoms with Crippen LogP contribution in [0.4, 0.5) is 0 Å². The largest absolute Gasteiger partial charge is 0.345 e. The smallest absolute Gasteiger partial charge is 0.112 e. The highest BCUT2D eigenvalue weighted by Crippen LogP contribution is 2.39. The lowest BCUT2D eigenvalue weighted by molar-refractivity contribution is 0.462. The van der Waals surface area contributed by atoms with E-state index >= 15 is 0 Å². The van der Waals surface area contributed by atoms with Crippen molar-refractivity contribution in [3.05, 3.63) is 17.2 Å². The van der Waals surface area contributed by atoms with Crippen LogP contribution in [0.3, 0.4) is 0 Å². The third-order valence-electron chi connectivity index (χ3n) is 4.23. The zero-order valence-electron chi connectivity index (χ0n) is 9.60. The number of aromatic amines is 1. The zero-order valence-corrected chi connectivity index (χ0v) is 9.60. The van der Waals surface area contributed by atoms with Crippen molar-refractivity contribution in [3.63, 3.8) is 0 Å². The van der Waals surface area contributed by atoms with Gasteiger partial charge >= 0.3 is 0 Å². The molecule has 0 aliphatic heterocycles. The second-order valence-corrected chi connectivity index (χ2v) is 5.49. The van der Waals surface area contributed by atoms with Crippen molar-refractivity contribution in [3.8, 4) is 0 Å². The van der Waals surface area contributed by atoms with E-state index in [0.717, 1.165) is 0 Å². The van der Waals surface area contributed by atoms with Crippen molar-refractivity contribution in [2.45, 2.75) is 63.7 Å². The van der Waals surface area contributed by atoms with Crippen molar-refractivity contribution in [2.75, 3.05) is 0 Å². The molecule has 0 radical (unpaired) electrons. The van der Waals surface area contributed by atoms with Gasteiger partial charge in [-0.15, -0.1) is 0 Å². The van der Waals surface area contributed by atoms with E-state index in [0.29, 0.717) is 5.41 Å². The second kappa shape index (κ2) is 3.36. The van der Waals surface area contributed by atoms with Gasteiger partial charge in [0.2, 0.25) is 0 Å². The number of aromatic nitrogens is 2. The highest BCUT2D eigenvalue weighted by atomic mass is 15.0. The first-order valence-corrected chi connectivity index (χ1v) is 6.36. The van der Waals surface area contributed by atoms with Crippen molar-refractivity contribution in [1.29, 1.82) is 0 Å². The van der Waals surface area contributed by atoms with E-state index in [1.54, 1.807) is 0 Å². The van der Waals surface area contributed by atoms with E-state index in [4.69, 9.17) is 4.98 Å². The summed E-state index contributed by atoms with van der Waals surface area (Å²) in [6.45, 7) is 2.38. The minimum Gasteiger partial charge on any atom is -0.345 e. The molecule has 1 aromatic rings. The summed E-state index contributed by atoms with van der Waals surface area (Å²) in [5.74, 6) is 1.28. The van der Waals surface area contributed by atoms with Crippen LogP contribution < -0.4 is 0 Å². The number of hydrogen-bond donors (Lipinski definition) is 1. The number of nitrogens with one attached hydrogen (secondary N) is 1. The zero-order chi connectivity index (χ0) is 10.3. The molecule has 0 atom stereocenters. The molecule has 82 valence electrons. The molecule has 2 aliphatic carbocycles. The Morgan fingerprint density at radius 2 is 1.80 bits per heavy atom. The van der Waals surface area contributed by atoms with Gasteiger partial charge in [0.25, 0.3) is 0 Å². The first kappa shape index (κ1) is 9.44. The molecule has 2 heteroatoms. The van der Waals surface area contributed by atoms with Crippen LogP contribution >= 0.6 is 0 Å². The van der Waals surface area contributed by atoms with E-state index in [-0.39, 0.29) is 0 Å². The maximum Gasteiger partial charge on any atom is 0.112 e. The maximum absolute atomic E-state index is 4.85. The van der Waals surface area contributed by atoms with E-state index in [1.807, 2.05) is 0 Å². The average Bonchev–Trinajstić information content (AvgIpc) is 2.84. The van der Waals surface area contributed by atoms with Gasteiger partial charge in [-0.05, 0) is 38.5 Å². The first-order chi connectivity index (χ1) is 7.28. The van der Waals surface area contributed by atoms with Gasteiger partial charge in [0.15, 0.2) is 0 Å². The summed E-state index contributed by atoms with van der Waals surface area (Å²) in [4.78, 5) is 8.45. The summed E-state index contributed by atoms with van der Waals surface area (Å²) in [5.41, 5.74) is 3.16. The van der Waals surface area contributed by atoms with Gasteiger partial charge in [-0.25, -0.2) is 4.98 Å². The molecule has 0 aromatic carbocycles. The van der Waals surface area contributed by atoms with Crippen LogP contribution in [0.15, 0.2) is 0 Å². The predicted molar refractivity (Wildman–Crippen MR) is 61.0 cm³/mol. The normalized spacial score (nSPS) is 24.1. The van der Waals surface area contributed by atoms with Gasteiger partial charge in [0.05, 0.1) is 5.69 Å². The Bertz CT molecular complexity index is 335. The fourth-order valence-electron chi connectivity index (χ4n) is 3.13. The summed E-state index contributed by atoms with van der Waals surface area (Å²) < 4.78 is 0. The molecule has 0 bridgehead atoms. The summed E-state index contributed by atoms with van der Waals surface area (Å²) in [7, 11) is 0. The van der Waals surface area contributed by atoms with Crippen LogP contribution in [0.5, 0.6) is 0 Å². The molecule has 1 aromatic heterocycles. The van der Waals surface area contributed by atoms with Crippen LogP contribution in [0.2, 0.25) is 0 Å². The first-order valence-electron chi connectivity index (χ1n) is 6.36. The molecule has 1 saturated carbocycles. The minimum atomic E-state index is 0.358. The molecular formula is C13H20N2. The molecule has 15 heavy (non-hydrogen) atoms. The van der Waals surface area contributed by atoms with Gasteiger partial charge in [-0.3, -0.25) is 0 Å². The average molecular weight is 204 g/mol. The standard InChI is InChI=1S/C13H20N2/c1-13(8-4-5-9-13)12-14-10-6-2-3-7-11(10)15-12/h2-9H2,1H3,(H,14,15). The molecule has 3 rings (SSSR count). The van der Waals surface area contributed by atoms with Gasteiger partial charge in [-0.1, -0.05) is 19.8 Å². The van der Waals surface area contributed by atoms with Crippen LogP contribution in [0, 0.1) is 0 Å². The van der Waals surface area contributed by atoms with Crippen molar-refractivity contribution in [2.24, 2.45) is 0 Å². The Morgan fingerprint density at radius 3 is 2.53 bits per heavy atom. The lowest BCUT2D eigenvalue weighted by Crippen LogP contribution is -2.18. The molecular weight excluding hydrogens is 184 g/mol. The molecule has 0 spiro atoms. The molecule has 0 saturated heterocycles. The summed E-state index contributed by atoms with van der Waals surface area (Å²) in [5, 5.41) is 0. The maximum atomic E-state index is 4.85. The Kier molecular flexibility index (Phi) is 2.11. The van der Waals surface area contributed by atoms with Gasteiger partial charge < -0.3 is 4.98 Å². The van der Waals surface area contributed by atoms with E-state index in [9.17, 15) is 0 Å². The third kappa shape index (κ3) is 1.51. The summed E-state index contributed by atoms with van der Waals surface area (Å²) in [6.07, 6.45) is 10.5. The van der Waals surface area contributed by atoms with Gasteiger partial charge in [0, 0.05) is 11.1 Å². The van der Waals surface area contributed by atoms with Gasteiger partial charge in [0.1, 0.15) is 5.82 Å². The Hall–Kier alpha value is -0.790. The van der Waals surface area contributed by atoms with Crippen LogP contribution in [0.25, 0.3) is 0 Å². The number of aryl methyl sites for hydroxylation is 2. The van der Waals surface area contributed by atoms with Crippen molar-refractivity contribution in [1.82, 2.24) is 9.97 Å². The second-order valence-electron chi connectivity index (χ2n) is 5.49. The molecule has 1 heterocycles. The third-order valence-corrected chi connectivity index (χ3v) is 4.23. The molecule has 2 nitrogen and oxygen atoms in total. The minimum absolute atomic E-state index is 0.358. The molecule has 1 fully saturated rings. The lowest BCUT2D eigenvalue weighted by atomic mass is 9.88. The number of nitrogens with zero attached hydrogens (tertiary/aromatic N) is 1. The number of hydrogen-bond acceptors (Lipinski definition) is 1. The number of H-pyrrole nitrogens is 1. The lowest BCUT2D eigenvalue weighted by Gasteiger charge is -2.20. The Morgan fingerprint density at radius 1 is 1.07 bits per heavy atom.